The van der Waals surface area contributed by atoms with Crippen molar-refractivity contribution in [1.29, 1.82) is 0 Å². The molecule has 3 aromatic carbocycles. The van der Waals surface area contributed by atoms with E-state index >= 15 is 0 Å². The Bertz CT molecular complexity index is 975. The van der Waals surface area contributed by atoms with Gasteiger partial charge in [0, 0.05) is 24.3 Å². The fourth-order valence-corrected chi connectivity index (χ4v) is 3.81. The van der Waals surface area contributed by atoms with E-state index in [2.05, 4.69) is 29.6 Å². The van der Waals surface area contributed by atoms with Crippen molar-refractivity contribution in [2.45, 2.75) is 17.2 Å². The molecule has 0 fully saturated rings. The van der Waals surface area contributed by atoms with Crippen molar-refractivity contribution < 1.29 is 13.2 Å². The number of carbonyl (C=O) groups is 1. The van der Waals surface area contributed by atoms with Crippen molar-refractivity contribution >= 4 is 15.7 Å². The third-order valence-electron chi connectivity index (χ3n) is 4.67. The number of benzene rings is 3. The van der Waals surface area contributed by atoms with Crippen LogP contribution in [-0.4, -0.2) is 27.1 Å². The highest BCUT2D eigenvalue weighted by atomic mass is 32.2. The Kier molecular flexibility index (Phi) is 6.26. The molecular formula is C23H23NO3S. The molecule has 28 heavy (non-hydrogen) atoms. The molecule has 3 aromatic rings. The molecule has 0 unspecified atom stereocenters. The maximum absolute atomic E-state index is 12.4. The van der Waals surface area contributed by atoms with Crippen molar-refractivity contribution in [2.24, 2.45) is 0 Å². The Labute approximate surface area is 166 Å². The van der Waals surface area contributed by atoms with E-state index in [0.29, 0.717) is 12.1 Å². The van der Waals surface area contributed by atoms with Crippen molar-refractivity contribution in [3.8, 4) is 0 Å². The van der Waals surface area contributed by atoms with Crippen LogP contribution in [0.25, 0.3) is 0 Å². The molecule has 0 spiro atoms. The zero-order valence-corrected chi connectivity index (χ0v) is 16.5. The van der Waals surface area contributed by atoms with Gasteiger partial charge in [0.1, 0.15) is 0 Å². The molecule has 0 radical (unpaired) electrons. The number of hydrogen-bond donors (Lipinski definition) is 1. The molecule has 144 valence electrons. The normalized spacial score (nSPS) is 11.4. The van der Waals surface area contributed by atoms with Crippen LogP contribution in [0.3, 0.4) is 0 Å². The van der Waals surface area contributed by atoms with E-state index in [1.54, 1.807) is 0 Å². The van der Waals surface area contributed by atoms with E-state index in [0.717, 1.165) is 12.7 Å². The highest BCUT2D eigenvalue weighted by molar-refractivity contribution is 7.90. The van der Waals surface area contributed by atoms with Gasteiger partial charge in [0.2, 0.25) is 0 Å². The van der Waals surface area contributed by atoms with Gasteiger partial charge >= 0.3 is 0 Å². The van der Waals surface area contributed by atoms with Crippen LogP contribution in [0.1, 0.15) is 33.8 Å². The first-order valence-electron chi connectivity index (χ1n) is 9.13. The van der Waals surface area contributed by atoms with Crippen LogP contribution in [0.2, 0.25) is 0 Å². The summed E-state index contributed by atoms with van der Waals surface area (Å²) in [5.41, 5.74) is 2.87. The molecule has 0 aromatic heterocycles. The summed E-state index contributed by atoms with van der Waals surface area (Å²) < 4.78 is 23.1. The van der Waals surface area contributed by atoms with Gasteiger partial charge in [-0.3, -0.25) is 4.79 Å². The molecule has 0 aliphatic rings. The van der Waals surface area contributed by atoms with Gasteiger partial charge < -0.3 is 5.32 Å². The quantitative estimate of drug-likeness (QED) is 0.659. The molecule has 0 aliphatic carbocycles. The molecule has 1 N–H and O–H groups in total. The average molecular weight is 394 g/mol. The van der Waals surface area contributed by atoms with Crippen molar-refractivity contribution in [3.05, 3.63) is 102 Å². The van der Waals surface area contributed by atoms with Crippen LogP contribution in [0.4, 0.5) is 0 Å². The molecule has 4 nitrogen and oxygen atoms in total. The zero-order chi connectivity index (χ0) is 20.0. The Morgan fingerprint density at radius 3 is 1.79 bits per heavy atom. The Balaban J connectivity index is 1.66. The lowest BCUT2D eigenvalue weighted by molar-refractivity contribution is 0.0952. The van der Waals surface area contributed by atoms with Gasteiger partial charge in [-0.15, -0.1) is 0 Å². The predicted molar refractivity (Wildman–Crippen MR) is 111 cm³/mol. The fraction of sp³-hybridized carbons (Fsp3) is 0.174. The third-order valence-corrected chi connectivity index (χ3v) is 5.80. The summed E-state index contributed by atoms with van der Waals surface area (Å²) in [6.45, 7) is 0.515. The maximum Gasteiger partial charge on any atom is 0.251 e. The second-order valence-electron chi connectivity index (χ2n) is 6.72. The number of amides is 1. The van der Waals surface area contributed by atoms with Gasteiger partial charge in [0.25, 0.3) is 5.91 Å². The van der Waals surface area contributed by atoms with Gasteiger partial charge in [-0.2, -0.15) is 0 Å². The predicted octanol–water partition coefficient (Wildman–Crippen LogP) is 4.04. The molecule has 0 saturated carbocycles. The average Bonchev–Trinajstić information content (AvgIpc) is 2.72. The van der Waals surface area contributed by atoms with E-state index in [1.165, 1.54) is 35.4 Å². The minimum absolute atomic E-state index is 0.190. The summed E-state index contributed by atoms with van der Waals surface area (Å²) in [4.78, 5) is 12.6. The van der Waals surface area contributed by atoms with Crippen molar-refractivity contribution in [2.75, 3.05) is 12.8 Å². The lowest BCUT2D eigenvalue weighted by Crippen LogP contribution is -2.25. The summed E-state index contributed by atoms with van der Waals surface area (Å²) in [5, 5.41) is 2.94. The molecule has 0 heterocycles. The number of rotatable bonds is 7. The topological polar surface area (TPSA) is 63.2 Å². The standard InChI is InChI=1S/C23H23NO3S/c1-28(26,27)21-14-12-20(13-15-21)23(25)24-17-16-22(18-8-4-2-5-9-18)19-10-6-3-7-11-19/h2-15,22H,16-17H2,1H3,(H,24,25). The first-order valence-corrected chi connectivity index (χ1v) is 11.0. The molecule has 5 heteroatoms. The smallest absolute Gasteiger partial charge is 0.251 e. The molecule has 3 rings (SSSR count). The van der Waals surface area contributed by atoms with Crippen molar-refractivity contribution in [1.82, 2.24) is 5.32 Å². The second kappa shape index (κ2) is 8.85. The Hall–Kier alpha value is -2.92. The fourth-order valence-electron chi connectivity index (χ4n) is 3.18. The molecule has 0 saturated heterocycles. The second-order valence-corrected chi connectivity index (χ2v) is 8.73. The van der Waals surface area contributed by atoms with Crippen LogP contribution in [-0.2, 0) is 9.84 Å². The molecular weight excluding hydrogens is 370 g/mol. The summed E-state index contributed by atoms with van der Waals surface area (Å²) in [6, 6.07) is 26.5. The monoisotopic (exact) mass is 393 g/mol. The van der Waals surface area contributed by atoms with E-state index in [-0.39, 0.29) is 16.7 Å². The highest BCUT2D eigenvalue weighted by Crippen LogP contribution is 2.27. The number of nitrogens with one attached hydrogen (secondary N) is 1. The Morgan fingerprint density at radius 2 is 1.32 bits per heavy atom. The summed E-state index contributed by atoms with van der Waals surface area (Å²) in [5.74, 6) is -0.0183. The number of sulfone groups is 1. The third kappa shape index (κ3) is 5.08. The van der Waals surface area contributed by atoms with Gasteiger partial charge in [-0.1, -0.05) is 60.7 Å². The Morgan fingerprint density at radius 1 is 0.821 bits per heavy atom. The van der Waals surface area contributed by atoms with Gasteiger partial charge in [0.05, 0.1) is 4.90 Å². The summed E-state index contributed by atoms with van der Waals surface area (Å²) >= 11 is 0. The van der Waals surface area contributed by atoms with Gasteiger partial charge in [-0.25, -0.2) is 8.42 Å². The molecule has 0 bridgehead atoms. The van der Waals surface area contributed by atoms with E-state index in [9.17, 15) is 13.2 Å². The molecule has 0 atom stereocenters. The number of carbonyl (C=O) groups excluding carboxylic acids is 1. The highest BCUT2D eigenvalue weighted by Gasteiger charge is 2.15. The lowest BCUT2D eigenvalue weighted by Gasteiger charge is -2.18. The molecule has 1 amide bonds. The number of hydrogen-bond acceptors (Lipinski definition) is 3. The van der Waals surface area contributed by atoms with E-state index in [4.69, 9.17) is 0 Å². The maximum atomic E-state index is 12.4. The van der Waals surface area contributed by atoms with Crippen LogP contribution in [0.15, 0.2) is 89.8 Å². The minimum atomic E-state index is -3.27. The summed E-state index contributed by atoms with van der Waals surface area (Å²) in [6.07, 6.45) is 1.91. The SMILES string of the molecule is CS(=O)(=O)c1ccc(C(=O)NCCC(c2ccccc2)c2ccccc2)cc1. The minimum Gasteiger partial charge on any atom is -0.352 e. The first kappa shape index (κ1) is 19.8. The van der Waals surface area contributed by atoms with Gasteiger partial charge in [-0.05, 0) is 41.8 Å². The van der Waals surface area contributed by atoms with Crippen LogP contribution < -0.4 is 5.32 Å². The van der Waals surface area contributed by atoms with Gasteiger partial charge in [0.15, 0.2) is 9.84 Å². The summed E-state index contributed by atoms with van der Waals surface area (Å²) in [7, 11) is -3.27. The molecule has 0 aliphatic heterocycles. The first-order chi connectivity index (χ1) is 13.4. The van der Waals surface area contributed by atoms with Crippen LogP contribution in [0, 0.1) is 0 Å². The zero-order valence-electron chi connectivity index (χ0n) is 15.7. The van der Waals surface area contributed by atoms with E-state index < -0.39 is 9.84 Å². The van der Waals surface area contributed by atoms with Crippen LogP contribution in [0.5, 0.6) is 0 Å². The van der Waals surface area contributed by atoms with Crippen LogP contribution >= 0.6 is 0 Å². The largest absolute Gasteiger partial charge is 0.352 e. The van der Waals surface area contributed by atoms with Crippen molar-refractivity contribution in [3.63, 3.8) is 0 Å². The van der Waals surface area contributed by atoms with E-state index in [1.807, 2.05) is 36.4 Å². The lowest BCUT2D eigenvalue weighted by atomic mass is 9.88.